The highest BCUT2D eigenvalue weighted by atomic mass is 32.2. The molecule has 1 aliphatic heterocycles. The van der Waals surface area contributed by atoms with E-state index in [0.29, 0.717) is 29.3 Å². The van der Waals surface area contributed by atoms with Gasteiger partial charge in [0.05, 0.1) is 21.3 Å². The van der Waals surface area contributed by atoms with Gasteiger partial charge in [-0.15, -0.1) is 0 Å². The number of nitrogens with two attached hydrogens (primary N) is 1. The van der Waals surface area contributed by atoms with E-state index in [4.69, 9.17) is 5.73 Å². The van der Waals surface area contributed by atoms with Gasteiger partial charge in [-0.25, -0.2) is 13.2 Å². The lowest BCUT2D eigenvalue weighted by atomic mass is 10.2. The molecule has 1 heterocycles. The van der Waals surface area contributed by atoms with Crippen molar-refractivity contribution in [1.29, 1.82) is 0 Å². The number of aliphatic imine (C=N–C) groups is 1. The highest BCUT2D eigenvalue weighted by molar-refractivity contribution is 7.91. The maximum atomic E-state index is 12.8. The van der Waals surface area contributed by atoms with Gasteiger partial charge in [0.1, 0.15) is 5.84 Å². The molecular formula is C26H28N6O5S. The Labute approximate surface area is 220 Å². The minimum Gasteiger partial charge on any atom is -0.384 e. The Hall–Kier alpha value is -4.29. The third kappa shape index (κ3) is 6.72. The number of nitro groups is 1. The number of sulfone groups is 1. The summed E-state index contributed by atoms with van der Waals surface area (Å²) in [5, 5.41) is 16.2. The van der Waals surface area contributed by atoms with Crippen molar-refractivity contribution < 1.29 is 18.1 Å². The summed E-state index contributed by atoms with van der Waals surface area (Å²) in [7, 11) is -3.88. The number of carbonyl (C=O) groups is 1. The van der Waals surface area contributed by atoms with Crippen molar-refractivity contribution in [2.24, 2.45) is 10.7 Å². The zero-order chi connectivity index (χ0) is 27.1. The smallest absolute Gasteiger partial charge is 0.323 e. The van der Waals surface area contributed by atoms with Crippen LogP contribution in [0.5, 0.6) is 0 Å². The molecule has 1 fully saturated rings. The molecule has 11 nitrogen and oxygen atoms in total. The van der Waals surface area contributed by atoms with Gasteiger partial charge in [0.15, 0.2) is 0 Å². The van der Waals surface area contributed by atoms with E-state index in [1.54, 1.807) is 18.2 Å². The van der Waals surface area contributed by atoms with Crippen molar-refractivity contribution in [1.82, 2.24) is 4.90 Å². The number of nitrogens with zero attached hydrogens (tertiary/aromatic N) is 3. The number of amidine groups is 1. The second-order valence-corrected chi connectivity index (χ2v) is 10.7. The summed E-state index contributed by atoms with van der Waals surface area (Å²) in [6, 6.07) is 16.8. The molecule has 4 rings (SSSR count). The fourth-order valence-electron chi connectivity index (χ4n) is 4.06. The molecule has 0 aromatic heterocycles. The highest BCUT2D eigenvalue weighted by Gasteiger charge is 2.19. The van der Waals surface area contributed by atoms with Crippen molar-refractivity contribution in [3.63, 3.8) is 0 Å². The number of hydrogen-bond donors (Lipinski definition) is 3. The second-order valence-electron chi connectivity index (χ2n) is 8.75. The van der Waals surface area contributed by atoms with Crippen LogP contribution >= 0.6 is 0 Å². The van der Waals surface area contributed by atoms with Gasteiger partial charge in [-0.3, -0.25) is 15.1 Å². The molecular weight excluding hydrogens is 508 g/mol. The first-order valence-electron chi connectivity index (χ1n) is 12.0. The first kappa shape index (κ1) is 26.8. The van der Waals surface area contributed by atoms with Crippen LogP contribution in [0.2, 0.25) is 0 Å². The van der Waals surface area contributed by atoms with Crippen LogP contribution in [0, 0.1) is 10.1 Å². The second kappa shape index (κ2) is 11.8. The summed E-state index contributed by atoms with van der Waals surface area (Å²) in [5.74, 6) is 0.401. The third-order valence-electron chi connectivity index (χ3n) is 6.09. The SMILES string of the molecule is NC(=NCCN1CCCC1)c1cccc(NC(=O)Nc2ccc(S(=O)(=O)c3ccc([N+](=O)[O-])cc3)cc2)c1. The van der Waals surface area contributed by atoms with Gasteiger partial charge in [-0.1, -0.05) is 12.1 Å². The number of nitro benzene ring substituents is 1. The number of urea groups is 1. The maximum Gasteiger partial charge on any atom is 0.323 e. The summed E-state index contributed by atoms with van der Waals surface area (Å²) in [6.07, 6.45) is 2.45. The fraction of sp³-hybridized carbons (Fsp3) is 0.231. The number of anilines is 2. The lowest BCUT2D eigenvalue weighted by Crippen LogP contribution is -2.24. The molecule has 38 heavy (non-hydrogen) atoms. The Morgan fingerprint density at radius 1 is 0.947 bits per heavy atom. The molecule has 0 saturated carbocycles. The molecule has 2 amide bonds. The van der Waals surface area contributed by atoms with Crippen LogP contribution in [-0.2, 0) is 9.84 Å². The van der Waals surface area contributed by atoms with Crippen molar-refractivity contribution in [2.75, 3.05) is 36.8 Å². The molecule has 0 unspecified atom stereocenters. The Kier molecular flexibility index (Phi) is 8.34. The molecule has 1 aliphatic rings. The monoisotopic (exact) mass is 536 g/mol. The van der Waals surface area contributed by atoms with Gasteiger partial charge in [0.25, 0.3) is 5.69 Å². The average Bonchev–Trinajstić information content (AvgIpc) is 3.42. The van der Waals surface area contributed by atoms with E-state index >= 15 is 0 Å². The van der Waals surface area contributed by atoms with Crippen molar-refractivity contribution in [2.45, 2.75) is 22.6 Å². The number of nitrogens with one attached hydrogen (secondary N) is 2. The van der Waals surface area contributed by atoms with Crippen LogP contribution in [0.15, 0.2) is 87.6 Å². The van der Waals surface area contributed by atoms with E-state index < -0.39 is 20.8 Å². The molecule has 0 radical (unpaired) electrons. The van der Waals surface area contributed by atoms with Crippen LogP contribution in [0.4, 0.5) is 21.9 Å². The molecule has 198 valence electrons. The van der Waals surface area contributed by atoms with E-state index in [-0.39, 0.29) is 15.5 Å². The summed E-state index contributed by atoms with van der Waals surface area (Å²) in [6.45, 7) is 3.68. The zero-order valence-electron chi connectivity index (χ0n) is 20.5. The summed E-state index contributed by atoms with van der Waals surface area (Å²) in [5.41, 5.74) is 7.54. The van der Waals surface area contributed by atoms with Gasteiger partial charge >= 0.3 is 6.03 Å². The van der Waals surface area contributed by atoms with Crippen LogP contribution < -0.4 is 16.4 Å². The van der Waals surface area contributed by atoms with Gasteiger partial charge in [-0.05, 0) is 74.5 Å². The zero-order valence-corrected chi connectivity index (χ0v) is 21.4. The lowest BCUT2D eigenvalue weighted by molar-refractivity contribution is -0.384. The van der Waals surface area contributed by atoms with Gasteiger partial charge < -0.3 is 21.3 Å². The third-order valence-corrected chi connectivity index (χ3v) is 7.88. The summed E-state index contributed by atoms with van der Waals surface area (Å²) < 4.78 is 25.6. The predicted molar refractivity (Wildman–Crippen MR) is 145 cm³/mol. The van der Waals surface area contributed by atoms with Crippen molar-refractivity contribution in [3.05, 3.63) is 88.5 Å². The quantitative estimate of drug-likeness (QED) is 0.162. The summed E-state index contributed by atoms with van der Waals surface area (Å²) >= 11 is 0. The topological polar surface area (TPSA) is 160 Å². The molecule has 0 atom stereocenters. The summed E-state index contributed by atoms with van der Waals surface area (Å²) in [4.78, 5) is 29.4. The molecule has 3 aromatic carbocycles. The standard InChI is InChI=1S/C26H28N6O5S/c27-25(28-14-17-31-15-1-2-16-31)19-4-3-5-21(18-19)30-26(33)29-20-6-10-23(11-7-20)38(36,37)24-12-8-22(9-13-24)32(34)35/h3-13,18H,1-2,14-17H2,(H2,27,28)(H2,29,30,33). The Morgan fingerprint density at radius 2 is 1.55 bits per heavy atom. The lowest BCUT2D eigenvalue weighted by Gasteiger charge is -2.12. The first-order valence-corrected chi connectivity index (χ1v) is 13.5. The van der Waals surface area contributed by atoms with E-state index in [1.807, 2.05) is 6.07 Å². The number of rotatable bonds is 9. The van der Waals surface area contributed by atoms with Crippen molar-refractivity contribution in [3.8, 4) is 0 Å². The van der Waals surface area contributed by atoms with E-state index in [2.05, 4.69) is 20.5 Å². The van der Waals surface area contributed by atoms with Gasteiger partial charge in [-0.2, -0.15) is 0 Å². The predicted octanol–water partition coefficient (Wildman–Crippen LogP) is 3.87. The number of amides is 2. The highest BCUT2D eigenvalue weighted by Crippen LogP contribution is 2.24. The Bertz CT molecular complexity index is 1430. The molecule has 0 aliphatic carbocycles. The van der Waals surface area contributed by atoms with Crippen LogP contribution in [-0.4, -0.2) is 56.3 Å². The minimum atomic E-state index is -3.88. The number of non-ortho nitro benzene ring substituents is 1. The van der Waals surface area contributed by atoms with Crippen LogP contribution in [0.3, 0.4) is 0 Å². The Balaban J connectivity index is 1.35. The van der Waals surface area contributed by atoms with Crippen LogP contribution in [0.25, 0.3) is 0 Å². The molecule has 1 saturated heterocycles. The largest absolute Gasteiger partial charge is 0.384 e. The number of benzene rings is 3. The molecule has 4 N–H and O–H groups in total. The molecule has 12 heteroatoms. The minimum absolute atomic E-state index is 0.00972. The fourth-order valence-corrected chi connectivity index (χ4v) is 5.32. The first-order chi connectivity index (χ1) is 18.2. The number of likely N-dealkylation sites (tertiary alicyclic amines) is 1. The number of hydrogen-bond acceptors (Lipinski definition) is 7. The van der Waals surface area contributed by atoms with Crippen molar-refractivity contribution >= 4 is 38.8 Å². The molecule has 0 bridgehead atoms. The Morgan fingerprint density at radius 3 is 2.18 bits per heavy atom. The molecule has 3 aromatic rings. The van der Waals surface area contributed by atoms with E-state index in [9.17, 15) is 23.3 Å². The average molecular weight is 537 g/mol. The normalized spacial score (nSPS) is 14.3. The maximum absolute atomic E-state index is 12.8. The van der Waals surface area contributed by atoms with E-state index in [1.165, 1.54) is 49.2 Å². The molecule has 0 spiro atoms. The van der Waals surface area contributed by atoms with Gasteiger partial charge in [0, 0.05) is 35.6 Å². The number of carbonyl (C=O) groups excluding carboxylic acids is 1. The van der Waals surface area contributed by atoms with Crippen LogP contribution in [0.1, 0.15) is 18.4 Å². The van der Waals surface area contributed by atoms with E-state index in [0.717, 1.165) is 31.8 Å². The van der Waals surface area contributed by atoms with Gasteiger partial charge in [0.2, 0.25) is 9.84 Å².